The number of amides is 2. The summed E-state index contributed by atoms with van der Waals surface area (Å²) in [7, 11) is 0. The summed E-state index contributed by atoms with van der Waals surface area (Å²) in [5, 5.41) is 0.0555. The average Bonchev–Trinajstić information content (AvgIpc) is 2.94. The monoisotopic (exact) mass is 491 g/mol. The van der Waals surface area contributed by atoms with E-state index >= 15 is 0 Å². The van der Waals surface area contributed by atoms with Gasteiger partial charge in [-0.15, -0.1) is 6.42 Å². The van der Waals surface area contributed by atoms with Crippen LogP contribution in [-0.2, 0) is 4.79 Å². The van der Waals surface area contributed by atoms with Gasteiger partial charge in [-0.05, 0) is 76.6 Å². The highest BCUT2D eigenvalue weighted by Crippen LogP contribution is 2.40. The van der Waals surface area contributed by atoms with Crippen molar-refractivity contribution in [2.75, 3.05) is 18.1 Å². The van der Waals surface area contributed by atoms with Gasteiger partial charge in [0, 0.05) is 5.02 Å². The summed E-state index contributed by atoms with van der Waals surface area (Å²) in [4.78, 5) is 26.6. The standard InChI is InChI=1S/C21H15BrClNO4S/c1-3-8-28-19-16(22)9-13(10-17(19)27-4-2)11-18-20(25)24(21(26)29-18)15-7-5-6-14(23)12-15/h1,5-7,9-12H,4,8H2,2H3. The van der Waals surface area contributed by atoms with Crippen molar-refractivity contribution in [3.8, 4) is 23.8 Å². The van der Waals surface area contributed by atoms with E-state index in [0.29, 0.717) is 43.8 Å². The van der Waals surface area contributed by atoms with E-state index in [-0.39, 0.29) is 11.8 Å². The van der Waals surface area contributed by atoms with Crippen molar-refractivity contribution in [2.45, 2.75) is 6.92 Å². The van der Waals surface area contributed by atoms with Gasteiger partial charge in [0.2, 0.25) is 0 Å². The second kappa shape index (κ2) is 9.40. The molecule has 0 bridgehead atoms. The normalized spacial score (nSPS) is 15.0. The molecule has 0 spiro atoms. The molecule has 0 N–H and O–H groups in total. The second-order valence-electron chi connectivity index (χ2n) is 5.75. The molecule has 2 amide bonds. The zero-order valence-electron chi connectivity index (χ0n) is 15.3. The second-order valence-corrected chi connectivity index (χ2v) is 8.04. The molecule has 0 radical (unpaired) electrons. The Kier molecular flexibility index (Phi) is 6.91. The minimum Gasteiger partial charge on any atom is -0.490 e. The van der Waals surface area contributed by atoms with E-state index in [1.165, 1.54) is 0 Å². The van der Waals surface area contributed by atoms with Gasteiger partial charge in [-0.25, -0.2) is 4.90 Å². The van der Waals surface area contributed by atoms with Gasteiger partial charge in [0.05, 0.1) is 21.7 Å². The first kappa shape index (κ1) is 21.3. The average molecular weight is 493 g/mol. The predicted molar refractivity (Wildman–Crippen MR) is 120 cm³/mol. The number of halogens is 2. The number of imide groups is 1. The summed E-state index contributed by atoms with van der Waals surface area (Å²) in [6.07, 6.45) is 6.89. The van der Waals surface area contributed by atoms with E-state index in [2.05, 4.69) is 21.9 Å². The van der Waals surface area contributed by atoms with Crippen molar-refractivity contribution in [3.63, 3.8) is 0 Å². The summed E-state index contributed by atoms with van der Waals surface area (Å²) in [6, 6.07) is 10.1. The third-order valence-electron chi connectivity index (χ3n) is 3.79. The molecule has 1 heterocycles. The molecule has 8 heteroatoms. The SMILES string of the molecule is C#CCOc1c(Br)cc(C=C2SC(=O)N(c3cccc(Cl)c3)C2=O)cc1OCC. The van der Waals surface area contributed by atoms with Crippen LogP contribution < -0.4 is 14.4 Å². The first-order chi connectivity index (χ1) is 13.9. The van der Waals surface area contributed by atoms with Crippen molar-refractivity contribution in [1.82, 2.24) is 0 Å². The predicted octanol–water partition coefficient (Wildman–Crippen LogP) is 5.75. The van der Waals surface area contributed by atoms with Gasteiger partial charge in [-0.2, -0.15) is 0 Å². The van der Waals surface area contributed by atoms with Crippen LogP contribution in [0.2, 0.25) is 5.02 Å². The van der Waals surface area contributed by atoms with Crippen LogP contribution in [0.3, 0.4) is 0 Å². The number of carbonyl (C=O) groups is 2. The number of hydrogen-bond acceptors (Lipinski definition) is 5. The Hall–Kier alpha value is -2.40. The van der Waals surface area contributed by atoms with Crippen LogP contribution in [0.15, 0.2) is 45.8 Å². The number of nitrogens with zero attached hydrogens (tertiary/aromatic N) is 1. The van der Waals surface area contributed by atoms with Crippen molar-refractivity contribution in [1.29, 1.82) is 0 Å². The van der Waals surface area contributed by atoms with Crippen molar-refractivity contribution in [3.05, 3.63) is 56.4 Å². The topological polar surface area (TPSA) is 55.8 Å². The molecule has 1 aliphatic rings. The highest BCUT2D eigenvalue weighted by molar-refractivity contribution is 9.10. The van der Waals surface area contributed by atoms with Gasteiger partial charge in [0.1, 0.15) is 6.61 Å². The summed E-state index contributed by atoms with van der Waals surface area (Å²) < 4.78 is 11.8. The number of thioether (sulfide) groups is 1. The lowest BCUT2D eigenvalue weighted by Crippen LogP contribution is -2.27. The molecule has 0 aliphatic carbocycles. The molecule has 1 aliphatic heterocycles. The Morgan fingerprint density at radius 2 is 2.07 bits per heavy atom. The molecular formula is C21H15BrClNO4S. The maximum Gasteiger partial charge on any atom is 0.298 e. The van der Waals surface area contributed by atoms with Gasteiger partial charge < -0.3 is 9.47 Å². The van der Waals surface area contributed by atoms with Crippen molar-refractivity contribution >= 4 is 62.2 Å². The summed E-state index contributed by atoms with van der Waals surface area (Å²) >= 11 is 10.3. The van der Waals surface area contributed by atoms with Crippen molar-refractivity contribution in [2.24, 2.45) is 0 Å². The molecule has 0 saturated carbocycles. The maximum absolute atomic E-state index is 12.8. The molecule has 148 valence electrons. The highest BCUT2D eigenvalue weighted by Gasteiger charge is 2.36. The van der Waals surface area contributed by atoms with E-state index in [9.17, 15) is 9.59 Å². The third-order valence-corrected chi connectivity index (χ3v) is 5.48. The molecule has 0 atom stereocenters. The van der Waals surface area contributed by atoms with E-state index in [0.717, 1.165) is 16.7 Å². The molecule has 1 saturated heterocycles. The zero-order valence-corrected chi connectivity index (χ0v) is 18.4. The Morgan fingerprint density at radius 3 is 2.76 bits per heavy atom. The van der Waals surface area contributed by atoms with Crippen LogP contribution in [0.5, 0.6) is 11.5 Å². The molecule has 29 heavy (non-hydrogen) atoms. The molecule has 5 nitrogen and oxygen atoms in total. The van der Waals surface area contributed by atoms with Crippen LogP contribution in [0.1, 0.15) is 12.5 Å². The fourth-order valence-corrected chi connectivity index (χ4v) is 4.25. The van der Waals surface area contributed by atoms with E-state index < -0.39 is 5.91 Å². The van der Waals surface area contributed by atoms with Crippen LogP contribution in [0.25, 0.3) is 6.08 Å². The Bertz CT molecular complexity index is 1050. The van der Waals surface area contributed by atoms with Gasteiger partial charge in [-0.1, -0.05) is 23.6 Å². The number of anilines is 1. The first-order valence-corrected chi connectivity index (χ1v) is 10.5. The lowest BCUT2D eigenvalue weighted by atomic mass is 10.1. The Balaban J connectivity index is 1.95. The Morgan fingerprint density at radius 1 is 1.28 bits per heavy atom. The number of benzene rings is 2. The number of ether oxygens (including phenoxy) is 2. The minimum atomic E-state index is -0.413. The van der Waals surface area contributed by atoms with Gasteiger partial charge in [0.25, 0.3) is 11.1 Å². The quantitative estimate of drug-likeness (QED) is 0.379. The number of terminal acetylenes is 1. The molecule has 2 aromatic rings. The zero-order chi connectivity index (χ0) is 21.0. The van der Waals surface area contributed by atoms with E-state index in [4.69, 9.17) is 27.5 Å². The Labute approximate surface area is 186 Å². The highest BCUT2D eigenvalue weighted by atomic mass is 79.9. The largest absolute Gasteiger partial charge is 0.490 e. The van der Waals surface area contributed by atoms with Crippen LogP contribution in [-0.4, -0.2) is 24.4 Å². The maximum atomic E-state index is 12.8. The first-order valence-electron chi connectivity index (χ1n) is 8.50. The molecule has 3 rings (SSSR count). The van der Waals surface area contributed by atoms with Crippen molar-refractivity contribution < 1.29 is 19.1 Å². The molecule has 1 fully saturated rings. The fourth-order valence-electron chi connectivity index (χ4n) is 2.65. The van der Waals surface area contributed by atoms with Gasteiger partial charge >= 0.3 is 0 Å². The molecular weight excluding hydrogens is 478 g/mol. The number of rotatable bonds is 6. The molecule has 0 unspecified atom stereocenters. The molecule has 2 aromatic carbocycles. The number of carbonyl (C=O) groups excluding carboxylic acids is 2. The summed E-state index contributed by atoms with van der Waals surface area (Å²) in [5.74, 6) is 2.96. The van der Waals surface area contributed by atoms with Crippen LogP contribution in [0.4, 0.5) is 10.5 Å². The van der Waals surface area contributed by atoms with Crippen LogP contribution in [0, 0.1) is 12.3 Å². The van der Waals surface area contributed by atoms with E-state index in [1.807, 2.05) is 6.92 Å². The smallest absolute Gasteiger partial charge is 0.298 e. The lowest BCUT2D eigenvalue weighted by Gasteiger charge is -2.13. The van der Waals surface area contributed by atoms with E-state index in [1.54, 1.807) is 42.5 Å². The van der Waals surface area contributed by atoms with Crippen LogP contribution >= 0.6 is 39.3 Å². The van der Waals surface area contributed by atoms with Gasteiger partial charge in [-0.3, -0.25) is 9.59 Å². The molecule has 0 aromatic heterocycles. The fraction of sp³-hybridized carbons (Fsp3) is 0.143. The third kappa shape index (κ3) is 4.78. The summed E-state index contributed by atoms with van der Waals surface area (Å²) in [6.45, 7) is 2.37. The number of hydrogen-bond donors (Lipinski definition) is 0. The summed E-state index contributed by atoms with van der Waals surface area (Å²) in [5.41, 5.74) is 1.10. The van der Waals surface area contributed by atoms with Gasteiger partial charge in [0.15, 0.2) is 11.5 Å². The lowest BCUT2D eigenvalue weighted by molar-refractivity contribution is -0.113. The minimum absolute atomic E-state index is 0.0938.